The number of allylic oxidation sites excluding steroid dienone is 1. The number of fused-ring (bicyclic) bond motifs is 1. The standard InChI is InChI=1S/C20H27N3O2/c1-5-18-21-16-9-7-6-8-15(16)19(25)22(18)23-17(20(23,3)4)11-10-14(2)12-13-24/h6-9,12,17,24H,5,10-11,13H2,1-4H3/b14-12-. The summed E-state index contributed by atoms with van der Waals surface area (Å²) in [6, 6.07) is 7.84. The number of rotatable bonds is 6. The first-order valence-electron chi connectivity index (χ1n) is 8.98. The fraction of sp³-hybridized carbons (Fsp3) is 0.500. The van der Waals surface area contributed by atoms with Gasteiger partial charge >= 0.3 is 0 Å². The van der Waals surface area contributed by atoms with Crippen molar-refractivity contribution in [1.82, 2.24) is 9.66 Å². The van der Waals surface area contributed by atoms with E-state index in [1.54, 1.807) is 4.68 Å². The molecular weight excluding hydrogens is 314 g/mol. The number of hydrogen-bond donors (Lipinski definition) is 1. The Labute approximate surface area is 148 Å². The van der Waals surface area contributed by atoms with Crippen LogP contribution < -0.4 is 10.6 Å². The molecule has 134 valence electrons. The summed E-state index contributed by atoms with van der Waals surface area (Å²) < 4.78 is 1.79. The molecular formula is C20H27N3O2. The molecule has 25 heavy (non-hydrogen) atoms. The normalized spacial score (nSPS) is 19.5. The Morgan fingerprint density at radius 2 is 2.08 bits per heavy atom. The van der Waals surface area contributed by atoms with Crippen LogP contribution in [0.1, 0.15) is 46.4 Å². The molecule has 0 bridgehead atoms. The number of benzene rings is 1. The van der Waals surface area contributed by atoms with Crippen molar-refractivity contribution in [1.29, 1.82) is 0 Å². The lowest BCUT2D eigenvalue weighted by Crippen LogP contribution is -2.36. The Morgan fingerprint density at radius 3 is 2.76 bits per heavy atom. The van der Waals surface area contributed by atoms with E-state index in [0.29, 0.717) is 17.8 Å². The highest BCUT2D eigenvalue weighted by Gasteiger charge is 2.56. The van der Waals surface area contributed by atoms with Gasteiger partial charge in [-0.05, 0) is 45.7 Å². The van der Waals surface area contributed by atoms with E-state index in [2.05, 4.69) is 18.9 Å². The largest absolute Gasteiger partial charge is 0.392 e. The molecule has 2 aromatic rings. The maximum atomic E-state index is 13.1. The smallest absolute Gasteiger partial charge is 0.280 e. The van der Waals surface area contributed by atoms with E-state index in [9.17, 15) is 4.79 Å². The second-order valence-electron chi connectivity index (χ2n) is 7.30. The van der Waals surface area contributed by atoms with Gasteiger partial charge in [-0.1, -0.05) is 30.7 Å². The number of hydrogen-bond acceptors (Lipinski definition) is 4. The number of nitrogens with zero attached hydrogens (tertiary/aromatic N) is 3. The lowest BCUT2D eigenvalue weighted by Gasteiger charge is -2.17. The average Bonchev–Trinajstić information content (AvgIpc) is 3.13. The van der Waals surface area contributed by atoms with Crippen molar-refractivity contribution in [3.05, 3.63) is 52.1 Å². The van der Waals surface area contributed by atoms with Crippen molar-refractivity contribution < 1.29 is 5.11 Å². The molecule has 1 unspecified atom stereocenters. The minimum absolute atomic E-state index is 0.0145. The van der Waals surface area contributed by atoms with Crippen molar-refractivity contribution in [3.63, 3.8) is 0 Å². The van der Waals surface area contributed by atoms with E-state index in [0.717, 1.165) is 24.2 Å². The Morgan fingerprint density at radius 1 is 1.36 bits per heavy atom. The predicted molar refractivity (Wildman–Crippen MR) is 102 cm³/mol. The summed E-state index contributed by atoms with van der Waals surface area (Å²) >= 11 is 0. The minimum atomic E-state index is -0.0720. The Hall–Kier alpha value is -2.14. The summed E-state index contributed by atoms with van der Waals surface area (Å²) in [5.74, 6) is 0.807. The summed E-state index contributed by atoms with van der Waals surface area (Å²) in [4.78, 5) is 17.8. The van der Waals surface area contributed by atoms with E-state index < -0.39 is 0 Å². The van der Waals surface area contributed by atoms with Crippen molar-refractivity contribution in [3.8, 4) is 0 Å². The van der Waals surface area contributed by atoms with Gasteiger partial charge in [0.1, 0.15) is 5.82 Å². The molecule has 1 atom stereocenters. The van der Waals surface area contributed by atoms with Crippen LogP contribution in [0.2, 0.25) is 0 Å². The highest BCUT2D eigenvalue weighted by atomic mass is 16.2. The van der Waals surface area contributed by atoms with Gasteiger partial charge in [0.15, 0.2) is 0 Å². The van der Waals surface area contributed by atoms with Gasteiger partial charge in [0.2, 0.25) is 0 Å². The summed E-state index contributed by atoms with van der Waals surface area (Å²) in [5.41, 5.74) is 1.89. The highest BCUT2D eigenvalue weighted by molar-refractivity contribution is 5.77. The van der Waals surface area contributed by atoms with Crippen molar-refractivity contribution in [2.75, 3.05) is 11.6 Å². The van der Waals surface area contributed by atoms with E-state index in [4.69, 9.17) is 10.1 Å². The van der Waals surface area contributed by atoms with E-state index in [-0.39, 0.29) is 17.7 Å². The van der Waals surface area contributed by atoms with E-state index >= 15 is 0 Å². The molecule has 0 spiro atoms. The van der Waals surface area contributed by atoms with Crippen LogP contribution in [-0.4, -0.2) is 33.0 Å². The molecule has 0 radical (unpaired) electrons. The molecule has 0 saturated carbocycles. The molecule has 1 fully saturated rings. The maximum absolute atomic E-state index is 13.1. The van der Waals surface area contributed by atoms with Crippen LogP contribution in [0.15, 0.2) is 40.7 Å². The van der Waals surface area contributed by atoms with Gasteiger partial charge in [-0.15, -0.1) is 0 Å². The van der Waals surface area contributed by atoms with Crippen LogP contribution >= 0.6 is 0 Å². The molecule has 0 amide bonds. The van der Waals surface area contributed by atoms with E-state index in [1.165, 1.54) is 5.57 Å². The second-order valence-corrected chi connectivity index (χ2v) is 7.30. The lowest BCUT2D eigenvalue weighted by atomic mass is 10.0. The molecule has 5 heteroatoms. The predicted octanol–water partition coefficient (Wildman–Crippen LogP) is 2.78. The van der Waals surface area contributed by atoms with Gasteiger partial charge in [0.25, 0.3) is 5.56 Å². The summed E-state index contributed by atoms with van der Waals surface area (Å²) in [6.07, 6.45) is 4.43. The fourth-order valence-electron chi connectivity index (χ4n) is 3.66. The van der Waals surface area contributed by atoms with Crippen molar-refractivity contribution in [2.24, 2.45) is 0 Å². The zero-order valence-electron chi connectivity index (χ0n) is 15.5. The molecule has 1 aliphatic rings. The SMILES string of the molecule is CCc1nc2ccccc2c(=O)n1N1C(CC/C(C)=C\CO)C1(C)C. The van der Waals surface area contributed by atoms with Crippen LogP contribution in [0.3, 0.4) is 0 Å². The number of para-hydroxylation sites is 1. The van der Waals surface area contributed by atoms with Gasteiger partial charge in [-0.2, -0.15) is 0 Å². The number of aliphatic hydroxyl groups excluding tert-OH is 1. The first kappa shape index (κ1) is 17.7. The van der Waals surface area contributed by atoms with E-state index in [1.807, 2.05) is 44.2 Å². The molecule has 1 N–H and O–H groups in total. The Kier molecular flexibility index (Phi) is 4.69. The lowest BCUT2D eigenvalue weighted by molar-refractivity contribution is 0.341. The van der Waals surface area contributed by atoms with Crippen LogP contribution in [0.25, 0.3) is 10.9 Å². The van der Waals surface area contributed by atoms with Gasteiger partial charge < -0.3 is 5.11 Å². The van der Waals surface area contributed by atoms with Gasteiger partial charge in [0, 0.05) is 6.42 Å². The fourth-order valence-corrected chi connectivity index (χ4v) is 3.66. The third-order valence-corrected chi connectivity index (χ3v) is 5.24. The monoisotopic (exact) mass is 341 g/mol. The summed E-state index contributed by atoms with van der Waals surface area (Å²) in [6.45, 7) is 8.50. The van der Waals surface area contributed by atoms with Crippen molar-refractivity contribution in [2.45, 2.75) is 58.5 Å². The van der Waals surface area contributed by atoms with Crippen LogP contribution in [-0.2, 0) is 6.42 Å². The Balaban J connectivity index is 1.97. The first-order valence-corrected chi connectivity index (χ1v) is 8.98. The number of aliphatic hydroxyl groups is 1. The van der Waals surface area contributed by atoms with Crippen LogP contribution in [0.4, 0.5) is 0 Å². The van der Waals surface area contributed by atoms with Crippen LogP contribution in [0.5, 0.6) is 0 Å². The maximum Gasteiger partial charge on any atom is 0.280 e. The molecule has 1 saturated heterocycles. The average molecular weight is 341 g/mol. The highest BCUT2D eigenvalue weighted by Crippen LogP contribution is 2.41. The molecule has 2 heterocycles. The summed E-state index contributed by atoms with van der Waals surface area (Å²) in [5, 5.41) is 11.8. The molecule has 1 aromatic heterocycles. The molecule has 1 aliphatic heterocycles. The third-order valence-electron chi connectivity index (χ3n) is 5.24. The van der Waals surface area contributed by atoms with Gasteiger partial charge in [0.05, 0.1) is 29.1 Å². The quantitative estimate of drug-likeness (QED) is 0.648. The number of aromatic nitrogens is 2. The Bertz CT molecular complexity index is 867. The molecule has 3 rings (SSSR count). The zero-order chi connectivity index (χ0) is 18.2. The molecule has 0 aliphatic carbocycles. The second kappa shape index (κ2) is 6.64. The molecule has 1 aromatic carbocycles. The topological polar surface area (TPSA) is 58.1 Å². The molecule has 5 nitrogen and oxygen atoms in total. The minimum Gasteiger partial charge on any atom is -0.392 e. The zero-order valence-corrected chi connectivity index (χ0v) is 15.5. The first-order chi connectivity index (χ1) is 11.9. The third kappa shape index (κ3) is 3.09. The van der Waals surface area contributed by atoms with Crippen LogP contribution in [0, 0.1) is 0 Å². The number of aryl methyl sites for hydroxylation is 1. The van der Waals surface area contributed by atoms with Gasteiger partial charge in [-0.3, -0.25) is 9.80 Å². The van der Waals surface area contributed by atoms with Gasteiger partial charge in [-0.25, -0.2) is 9.66 Å². The summed E-state index contributed by atoms with van der Waals surface area (Å²) in [7, 11) is 0. The van der Waals surface area contributed by atoms with Crippen molar-refractivity contribution >= 4 is 10.9 Å².